The summed E-state index contributed by atoms with van der Waals surface area (Å²) >= 11 is 3.86. The van der Waals surface area contributed by atoms with E-state index in [9.17, 15) is 10.2 Å². The zero-order valence-electron chi connectivity index (χ0n) is 18.6. The van der Waals surface area contributed by atoms with Gasteiger partial charge in [-0.25, -0.2) is 0 Å². The Bertz CT molecular complexity index is 286. The summed E-state index contributed by atoms with van der Waals surface area (Å²) in [5.74, 6) is 2.26. The number of hydrogen-bond donors (Lipinski definition) is 3. The molecule has 28 heavy (non-hydrogen) atoms. The molecule has 0 aromatic rings. The molecule has 0 aromatic carbocycles. The van der Waals surface area contributed by atoms with Gasteiger partial charge in [0.1, 0.15) is 6.10 Å². The monoisotopic (exact) mass is 436 g/mol. The Balaban J connectivity index is 3.94. The van der Waals surface area contributed by atoms with Gasteiger partial charge in [0.05, 0.1) is 17.3 Å². The van der Waals surface area contributed by atoms with Crippen LogP contribution in [0.2, 0.25) is 0 Å². The first-order valence-corrected chi connectivity index (χ1v) is 14.0. The van der Waals surface area contributed by atoms with Crippen LogP contribution in [0.3, 0.4) is 0 Å². The van der Waals surface area contributed by atoms with E-state index in [4.69, 9.17) is 5.11 Å². The van der Waals surface area contributed by atoms with Gasteiger partial charge in [-0.05, 0) is 30.8 Å². The van der Waals surface area contributed by atoms with Crippen molar-refractivity contribution in [1.82, 2.24) is 0 Å². The van der Waals surface area contributed by atoms with E-state index in [0.717, 1.165) is 11.5 Å². The molecule has 0 fully saturated rings. The zero-order valence-corrected chi connectivity index (χ0v) is 20.3. The van der Waals surface area contributed by atoms with E-state index >= 15 is 0 Å². The minimum absolute atomic E-state index is 0.316. The van der Waals surface area contributed by atoms with Gasteiger partial charge < -0.3 is 15.3 Å². The first-order chi connectivity index (χ1) is 13.7. The van der Waals surface area contributed by atoms with Crippen LogP contribution in [0.15, 0.2) is 0 Å². The van der Waals surface area contributed by atoms with Crippen LogP contribution in [-0.4, -0.2) is 50.2 Å². The number of unbranched alkanes of at least 4 members (excludes halogenated alkanes) is 12. The molecule has 0 aromatic heterocycles. The Hall–Kier alpha value is 0.580. The molecule has 0 amide bonds. The largest absolute Gasteiger partial charge is 0.394 e. The topological polar surface area (TPSA) is 60.7 Å². The second-order valence-corrected chi connectivity index (χ2v) is 10.9. The average Bonchev–Trinajstić information content (AvgIpc) is 2.70. The number of thioether (sulfide) groups is 2. The summed E-state index contributed by atoms with van der Waals surface area (Å²) in [5.41, 5.74) is 0. The van der Waals surface area contributed by atoms with Crippen LogP contribution in [0.1, 0.15) is 110 Å². The minimum atomic E-state index is -1.01. The average molecular weight is 437 g/mol. The molecular weight excluding hydrogens is 388 g/mol. The van der Waals surface area contributed by atoms with Gasteiger partial charge >= 0.3 is 0 Å². The molecule has 170 valence electrons. The van der Waals surface area contributed by atoms with Gasteiger partial charge in [0.25, 0.3) is 0 Å². The maximum absolute atomic E-state index is 10.1. The molecule has 3 N–H and O–H groups in total. The summed E-state index contributed by atoms with van der Waals surface area (Å²) in [4.78, 5) is 0. The third kappa shape index (κ3) is 18.6. The predicted molar refractivity (Wildman–Crippen MR) is 128 cm³/mol. The Morgan fingerprint density at radius 1 is 0.571 bits per heavy atom. The van der Waals surface area contributed by atoms with Gasteiger partial charge in [-0.2, -0.15) is 0 Å². The van der Waals surface area contributed by atoms with Gasteiger partial charge in [0.15, 0.2) is 0 Å². The predicted octanol–water partition coefficient (Wildman–Crippen LogP) is 6.38. The summed E-state index contributed by atoms with van der Waals surface area (Å²) in [7, 11) is 0. The highest BCUT2D eigenvalue weighted by Crippen LogP contribution is 2.30. The Morgan fingerprint density at radius 2 is 0.964 bits per heavy atom. The molecule has 0 aliphatic rings. The van der Waals surface area contributed by atoms with Crippen LogP contribution >= 0.6 is 23.5 Å². The smallest absolute Gasteiger partial charge is 0.103 e. The lowest BCUT2D eigenvalue weighted by Gasteiger charge is -2.22. The van der Waals surface area contributed by atoms with Gasteiger partial charge in [-0.3, -0.25) is 0 Å². The molecule has 0 bridgehead atoms. The number of aliphatic hydroxyl groups excluding tert-OH is 3. The number of rotatable bonds is 22. The Labute approximate surface area is 183 Å². The van der Waals surface area contributed by atoms with E-state index in [2.05, 4.69) is 13.8 Å². The van der Waals surface area contributed by atoms with Crippen LogP contribution in [0.4, 0.5) is 0 Å². The molecule has 0 radical (unpaired) electrons. The van der Waals surface area contributed by atoms with Crippen LogP contribution in [-0.2, 0) is 0 Å². The molecule has 5 heteroatoms. The second kappa shape index (κ2) is 22.3. The Kier molecular flexibility index (Phi) is 22.7. The molecule has 0 aliphatic heterocycles. The van der Waals surface area contributed by atoms with Crippen LogP contribution < -0.4 is 0 Å². The molecule has 2 unspecified atom stereocenters. The second-order valence-electron chi connectivity index (χ2n) is 7.97. The standard InChI is InChI=1S/C23H48O3S2/c1-3-5-7-9-11-13-15-17-27-23(19-21(25)22(26)20-24)28-18-16-14-12-10-8-6-4-2/h21-26H,3-20H2,1-2H3. The van der Waals surface area contributed by atoms with Crippen molar-refractivity contribution in [2.75, 3.05) is 18.1 Å². The van der Waals surface area contributed by atoms with Crippen molar-refractivity contribution >= 4 is 23.5 Å². The fourth-order valence-electron chi connectivity index (χ4n) is 3.21. The lowest BCUT2D eigenvalue weighted by molar-refractivity contribution is -0.0154. The van der Waals surface area contributed by atoms with Crippen LogP contribution in [0.25, 0.3) is 0 Å². The van der Waals surface area contributed by atoms with Crippen molar-refractivity contribution in [2.45, 2.75) is 127 Å². The van der Waals surface area contributed by atoms with Crippen molar-refractivity contribution in [2.24, 2.45) is 0 Å². The van der Waals surface area contributed by atoms with Crippen LogP contribution in [0, 0.1) is 0 Å². The highest BCUT2D eigenvalue weighted by Gasteiger charge is 2.21. The van der Waals surface area contributed by atoms with E-state index in [-0.39, 0.29) is 6.61 Å². The van der Waals surface area contributed by atoms with E-state index < -0.39 is 12.2 Å². The first-order valence-electron chi connectivity index (χ1n) is 11.9. The Morgan fingerprint density at radius 3 is 1.36 bits per heavy atom. The van der Waals surface area contributed by atoms with Crippen LogP contribution in [0.5, 0.6) is 0 Å². The van der Waals surface area contributed by atoms with Gasteiger partial charge in [-0.15, -0.1) is 23.5 Å². The van der Waals surface area contributed by atoms with Crippen molar-refractivity contribution < 1.29 is 15.3 Å². The fraction of sp³-hybridized carbons (Fsp3) is 1.00. The molecule has 0 saturated heterocycles. The van der Waals surface area contributed by atoms with Crippen molar-refractivity contribution in [3.63, 3.8) is 0 Å². The SMILES string of the molecule is CCCCCCCCCSC(CC(O)C(O)CO)SCCCCCCCCC. The minimum Gasteiger partial charge on any atom is -0.394 e. The van der Waals surface area contributed by atoms with E-state index in [1.54, 1.807) is 0 Å². The van der Waals surface area contributed by atoms with E-state index in [1.165, 1.54) is 89.9 Å². The van der Waals surface area contributed by atoms with Crippen molar-refractivity contribution in [3.8, 4) is 0 Å². The molecule has 0 heterocycles. The summed E-state index contributed by atoms with van der Waals surface area (Å²) in [6, 6.07) is 0. The molecule has 2 atom stereocenters. The highest BCUT2D eigenvalue weighted by molar-refractivity contribution is 8.17. The van der Waals surface area contributed by atoms with Gasteiger partial charge in [0, 0.05) is 0 Å². The van der Waals surface area contributed by atoms with Gasteiger partial charge in [0.2, 0.25) is 0 Å². The highest BCUT2D eigenvalue weighted by atomic mass is 32.2. The van der Waals surface area contributed by atoms with E-state index in [0.29, 0.717) is 11.0 Å². The molecule has 0 saturated carbocycles. The number of aliphatic hydroxyl groups is 3. The zero-order chi connectivity index (χ0) is 20.9. The van der Waals surface area contributed by atoms with E-state index in [1.807, 2.05) is 23.5 Å². The molecule has 0 spiro atoms. The summed E-state index contributed by atoms with van der Waals surface area (Å²) in [5, 5.41) is 28.8. The summed E-state index contributed by atoms with van der Waals surface area (Å²) < 4.78 is 0.316. The molecular formula is C23H48O3S2. The summed E-state index contributed by atoms with van der Waals surface area (Å²) in [6.07, 6.45) is 17.2. The lowest BCUT2D eigenvalue weighted by Crippen LogP contribution is -2.31. The van der Waals surface area contributed by atoms with Crippen molar-refractivity contribution in [3.05, 3.63) is 0 Å². The summed E-state index contributed by atoms with van der Waals surface area (Å²) in [6.45, 7) is 4.14. The fourth-order valence-corrected chi connectivity index (χ4v) is 6.10. The number of hydrogen-bond acceptors (Lipinski definition) is 5. The first kappa shape index (κ1) is 28.6. The normalized spacial score (nSPS) is 13.9. The third-order valence-corrected chi connectivity index (χ3v) is 8.16. The molecule has 3 nitrogen and oxygen atoms in total. The molecule has 0 aliphatic carbocycles. The quantitative estimate of drug-likeness (QED) is 0.136. The maximum Gasteiger partial charge on any atom is 0.103 e. The third-order valence-electron chi connectivity index (χ3n) is 5.17. The van der Waals surface area contributed by atoms with Gasteiger partial charge in [-0.1, -0.05) is 90.9 Å². The molecule has 0 rings (SSSR count). The lowest BCUT2D eigenvalue weighted by atomic mass is 10.1. The maximum atomic E-state index is 10.1. The van der Waals surface area contributed by atoms with Crippen molar-refractivity contribution in [1.29, 1.82) is 0 Å².